The van der Waals surface area contributed by atoms with Gasteiger partial charge >= 0.3 is 0 Å². The van der Waals surface area contributed by atoms with Gasteiger partial charge in [0.1, 0.15) is 5.75 Å². The Labute approximate surface area is 81.4 Å². The van der Waals surface area contributed by atoms with Gasteiger partial charge in [0.05, 0.1) is 0 Å². The van der Waals surface area contributed by atoms with Crippen LogP contribution in [0.4, 0.5) is 0 Å². The molecule has 1 aromatic carbocycles. The van der Waals surface area contributed by atoms with Crippen molar-refractivity contribution in [3.63, 3.8) is 0 Å². The Hall–Kier alpha value is -1.11. The first-order valence-corrected chi connectivity index (χ1v) is 5.27. The summed E-state index contributed by atoms with van der Waals surface area (Å²) >= 11 is 0. The van der Waals surface area contributed by atoms with Crippen molar-refractivity contribution in [2.24, 2.45) is 0 Å². The van der Waals surface area contributed by atoms with Crippen LogP contribution in [0.5, 0.6) is 5.75 Å². The summed E-state index contributed by atoms with van der Waals surface area (Å²) in [7, 11) is -4.60. The Kier molecular flexibility index (Phi) is 2.79. The molecule has 1 atom stereocenters. The fraction of sp³-hybridized carbons (Fsp3) is 0.250. The number of rotatable bonds is 2. The number of aryl methyl sites for hydroxylation is 1. The summed E-state index contributed by atoms with van der Waals surface area (Å²) in [4.78, 5) is 0. The predicted octanol–water partition coefficient (Wildman–Crippen LogP) is 0.579. The second kappa shape index (κ2) is 3.56. The van der Waals surface area contributed by atoms with Crippen LogP contribution in [0.1, 0.15) is 16.6 Å². The molecular weight excluding hydrogens is 208 g/mol. The maximum atomic E-state index is 10.6. The predicted molar refractivity (Wildman–Crippen MR) is 49.4 cm³/mol. The molecule has 0 aliphatic rings. The number of aliphatic hydroxyl groups is 1. The van der Waals surface area contributed by atoms with Crippen molar-refractivity contribution < 1.29 is 23.2 Å². The van der Waals surface area contributed by atoms with Crippen molar-refractivity contribution in [1.29, 1.82) is 0 Å². The third kappa shape index (κ3) is 2.03. The number of hydrogen-bond acceptors (Lipinski definition) is 4. The van der Waals surface area contributed by atoms with Gasteiger partial charge in [-0.05, 0) is 12.5 Å². The molecule has 6 heteroatoms. The summed E-state index contributed by atoms with van der Waals surface area (Å²) in [6, 6.07) is 4.25. The molecule has 1 rings (SSSR count). The number of para-hydroxylation sites is 1. The van der Waals surface area contributed by atoms with Crippen molar-refractivity contribution in [2.75, 3.05) is 0 Å². The van der Waals surface area contributed by atoms with Crippen LogP contribution in [0, 0.1) is 6.92 Å². The lowest BCUT2D eigenvalue weighted by Crippen LogP contribution is -2.11. The van der Waals surface area contributed by atoms with Gasteiger partial charge in [0, 0.05) is 5.56 Å². The molecule has 3 N–H and O–H groups in total. The zero-order valence-corrected chi connectivity index (χ0v) is 8.19. The molecule has 78 valence electrons. The normalized spacial score (nSPS) is 13.9. The number of phenols is 1. The van der Waals surface area contributed by atoms with Gasteiger partial charge in [0.2, 0.25) is 5.44 Å². The van der Waals surface area contributed by atoms with E-state index >= 15 is 0 Å². The van der Waals surface area contributed by atoms with Crippen LogP contribution < -0.4 is 0 Å². The fourth-order valence-corrected chi connectivity index (χ4v) is 1.55. The van der Waals surface area contributed by atoms with E-state index in [1.54, 1.807) is 13.0 Å². The van der Waals surface area contributed by atoms with Crippen molar-refractivity contribution in [2.45, 2.75) is 12.4 Å². The third-order valence-corrected chi connectivity index (χ3v) is 2.64. The monoisotopic (exact) mass is 218 g/mol. The fourth-order valence-electron chi connectivity index (χ4n) is 1.04. The summed E-state index contributed by atoms with van der Waals surface area (Å²) in [5, 5.41) is 18.6. The Morgan fingerprint density at radius 3 is 2.43 bits per heavy atom. The molecule has 0 saturated heterocycles. The Bertz CT molecular complexity index is 437. The van der Waals surface area contributed by atoms with Gasteiger partial charge in [-0.1, -0.05) is 18.2 Å². The van der Waals surface area contributed by atoms with E-state index in [9.17, 15) is 13.5 Å². The lowest BCUT2D eigenvalue weighted by Gasteiger charge is -2.10. The second-order valence-electron chi connectivity index (χ2n) is 2.88. The lowest BCUT2D eigenvalue weighted by atomic mass is 10.1. The first kappa shape index (κ1) is 11.0. The van der Waals surface area contributed by atoms with Crippen molar-refractivity contribution in [3.8, 4) is 5.75 Å². The molecule has 1 aromatic rings. The van der Waals surface area contributed by atoms with Crippen LogP contribution in [0.2, 0.25) is 0 Å². The van der Waals surface area contributed by atoms with Crippen LogP contribution in [-0.2, 0) is 10.1 Å². The summed E-state index contributed by atoms with van der Waals surface area (Å²) in [6.07, 6.45) is 0. The van der Waals surface area contributed by atoms with Gasteiger partial charge in [0.15, 0.2) is 0 Å². The molecule has 5 nitrogen and oxygen atoms in total. The quantitative estimate of drug-likeness (QED) is 0.631. The average molecular weight is 218 g/mol. The lowest BCUT2D eigenvalue weighted by molar-refractivity contribution is 0.233. The van der Waals surface area contributed by atoms with E-state index in [1.165, 1.54) is 12.1 Å². The van der Waals surface area contributed by atoms with Crippen molar-refractivity contribution >= 4 is 10.1 Å². The largest absolute Gasteiger partial charge is 0.507 e. The molecule has 0 radical (unpaired) electrons. The van der Waals surface area contributed by atoms with E-state index in [1.807, 2.05) is 0 Å². The van der Waals surface area contributed by atoms with E-state index < -0.39 is 15.6 Å². The zero-order valence-electron chi connectivity index (χ0n) is 7.38. The molecule has 0 saturated carbocycles. The molecule has 1 unspecified atom stereocenters. The average Bonchev–Trinajstić information content (AvgIpc) is 2.07. The van der Waals surface area contributed by atoms with Crippen molar-refractivity contribution in [3.05, 3.63) is 29.3 Å². The molecular formula is C8H10O5S. The highest BCUT2D eigenvalue weighted by molar-refractivity contribution is 7.85. The number of benzene rings is 1. The molecule has 0 aliphatic carbocycles. The van der Waals surface area contributed by atoms with Crippen LogP contribution in [0.25, 0.3) is 0 Å². The Morgan fingerprint density at radius 2 is 1.93 bits per heavy atom. The molecule has 0 heterocycles. The molecule has 0 spiro atoms. The van der Waals surface area contributed by atoms with Crippen LogP contribution >= 0.6 is 0 Å². The summed E-state index contributed by atoms with van der Waals surface area (Å²) in [6.45, 7) is 1.55. The maximum absolute atomic E-state index is 10.6. The minimum atomic E-state index is -4.60. The highest BCUT2D eigenvalue weighted by Gasteiger charge is 2.25. The first-order chi connectivity index (χ1) is 6.34. The number of aliphatic hydroxyl groups excluding tert-OH is 1. The zero-order chi connectivity index (χ0) is 10.9. The number of phenolic OH excluding ortho intramolecular Hbond substituents is 1. The molecule has 0 bridgehead atoms. The standard InChI is InChI=1S/C8H10O5S/c1-5-3-2-4-6(7(5)9)8(10)14(11,12)13/h2-4,8-10H,1H3,(H,11,12,13). The van der Waals surface area contributed by atoms with Gasteiger partial charge in [-0.25, -0.2) is 0 Å². The van der Waals surface area contributed by atoms with Crippen LogP contribution in [-0.4, -0.2) is 23.2 Å². The van der Waals surface area contributed by atoms with Crippen LogP contribution in [0.15, 0.2) is 18.2 Å². The third-order valence-electron chi connectivity index (χ3n) is 1.82. The molecule has 0 aromatic heterocycles. The topological polar surface area (TPSA) is 94.8 Å². The Morgan fingerprint density at radius 1 is 1.36 bits per heavy atom. The summed E-state index contributed by atoms with van der Waals surface area (Å²) in [5.41, 5.74) is -1.92. The molecule has 0 fully saturated rings. The van der Waals surface area contributed by atoms with Gasteiger partial charge in [-0.3, -0.25) is 4.55 Å². The van der Waals surface area contributed by atoms with E-state index in [4.69, 9.17) is 9.66 Å². The van der Waals surface area contributed by atoms with E-state index in [0.29, 0.717) is 5.56 Å². The van der Waals surface area contributed by atoms with E-state index in [2.05, 4.69) is 0 Å². The van der Waals surface area contributed by atoms with Gasteiger partial charge in [-0.2, -0.15) is 8.42 Å². The smallest absolute Gasteiger partial charge is 0.296 e. The maximum Gasteiger partial charge on any atom is 0.296 e. The van der Waals surface area contributed by atoms with E-state index in [-0.39, 0.29) is 11.3 Å². The molecule has 0 amide bonds. The molecule has 0 aliphatic heterocycles. The van der Waals surface area contributed by atoms with Gasteiger partial charge in [-0.15, -0.1) is 0 Å². The number of hydrogen-bond donors (Lipinski definition) is 3. The highest BCUT2D eigenvalue weighted by Crippen LogP contribution is 2.29. The minimum absolute atomic E-state index is 0.229. The summed E-state index contributed by atoms with van der Waals surface area (Å²) in [5.74, 6) is -0.336. The minimum Gasteiger partial charge on any atom is -0.507 e. The second-order valence-corrected chi connectivity index (χ2v) is 4.36. The SMILES string of the molecule is Cc1cccc(C(O)S(=O)(=O)O)c1O. The number of aromatic hydroxyl groups is 1. The van der Waals surface area contributed by atoms with Gasteiger partial charge in [0.25, 0.3) is 10.1 Å². The first-order valence-electron chi connectivity index (χ1n) is 3.77. The Balaban J connectivity index is 3.28. The van der Waals surface area contributed by atoms with Crippen molar-refractivity contribution in [1.82, 2.24) is 0 Å². The van der Waals surface area contributed by atoms with Crippen LogP contribution in [0.3, 0.4) is 0 Å². The molecule has 14 heavy (non-hydrogen) atoms. The van der Waals surface area contributed by atoms with Gasteiger partial charge < -0.3 is 10.2 Å². The summed E-state index contributed by atoms with van der Waals surface area (Å²) < 4.78 is 29.7. The van der Waals surface area contributed by atoms with E-state index in [0.717, 1.165) is 0 Å². The highest BCUT2D eigenvalue weighted by atomic mass is 32.2.